The average molecular weight is 543 g/mol. The van der Waals surface area contributed by atoms with Crippen LogP contribution in [-0.4, -0.2) is 30.4 Å². The Hall–Kier alpha value is -4.17. The number of carbonyl (C=O) groups is 1. The lowest BCUT2D eigenvalue weighted by Crippen LogP contribution is -2.40. The molecule has 39 heavy (non-hydrogen) atoms. The lowest BCUT2D eigenvalue weighted by molar-refractivity contribution is -0.143. The van der Waals surface area contributed by atoms with Crippen LogP contribution in [0.2, 0.25) is 0 Å². The van der Waals surface area contributed by atoms with E-state index in [-0.39, 0.29) is 11.7 Å². The predicted molar refractivity (Wildman–Crippen MR) is 153 cm³/mol. The maximum Gasteiger partial charge on any atom is 0.338 e. The second kappa shape index (κ2) is 10.9. The number of hydrogen-bond acceptors (Lipinski definition) is 7. The fourth-order valence-corrected chi connectivity index (χ4v) is 5.85. The highest BCUT2D eigenvalue weighted by molar-refractivity contribution is 7.07. The third kappa shape index (κ3) is 5.00. The number of nitrogens with zero attached hydrogens (tertiary/aromatic N) is 2. The molecule has 0 unspecified atom stereocenters. The monoisotopic (exact) mass is 542 g/mol. The zero-order valence-corrected chi connectivity index (χ0v) is 23.4. The molecule has 5 rings (SSSR count). The van der Waals surface area contributed by atoms with E-state index in [2.05, 4.69) is 0 Å². The highest BCUT2D eigenvalue weighted by atomic mass is 32.1. The minimum atomic E-state index is -0.695. The van der Waals surface area contributed by atoms with Crippen LogP contribution in [0.3, 0.4) is 0 Å². The molecule has 1 atom stereocenters. The van der Waals surface area contributed by atoms with Crippen molar-refractivity contribution in [3.05, 3.63) is 103 Å². The van der Waals surface area contributed by atoms with E-state index in [0.29, 0.717) is 38.7 Å². The second-order valence-electron chi connectivity index (χ2n) is 9.44. The Morgan fingerprint density at radius 1 is 1.10 bits per heavy atom. The molecular formula is C31H30N2O5S. The SMILES string of the molecule is CCOc1ccc([C@@H]2C(C(=O)OC(C)C)=C(C)N=c3s/c(=C/c4c(OC)ccc5ccccc45)c(=O)n32)cc1. The van der Waals surface area contributed by atoms with Crippen LogP contribution in [0.15, 0.2) is 81.7 Å². The number of fused-ring (bicyclic) bond motifs is 2. The van der Waals surface area contributed by atoms with Gasteiger partial charge in [0.2, 0.25) is 0 Å². The van der Waals surface area contributed by atoms with Gasteiger partial charge in [0.05, 0.1) is 41.7 Å². The molecular weight excluding hydrogens is 512 g/mol. The molecule has 0 amide bonds. The van der Waals surface area contributed by atoms with E-state index < -0.39 is 12.0 Å². The molecule has 8 heteroatoms. The van der Waals surface area contributed by atoms with Crippen molar-refractivity contribution in [1.29, 1.82) is 0 Å². The Balaban J connectivity index is 1.74. The van der Waals surface area contributed by atoms with Crippen LogP contribution in [0.5, 0.6) is 11.5 Å². The summed E-state index contributed by atoms with van der Waals surface area (Å²) in [6, 6.07) is 18.6. The van der Waals surface area contributed by atoms with Crippen molar-refractivity contribution in [2.75, 3.05) is 13.7 Å². The summed E-state index contributed by atoms with van der Waals surface area (Å²) in [7, 11) is 1.62. The Kier molecular flexibility index (Phi) is 7.39. The maximum absolute atomic E-state index is 14.0. The molecule has 0 saturated heterocycles. The number of carbonyl (C=O) groups excluding carboxylic acids is 1. The normalized spacial score (nSPS) is 15.3. The summed E-state index contributed by atoms with van der Waals surface area (Å²) in [6.07, 6.45) is 1.54. The third-order valence-electron chi connectivity index (χ3n) is 6.52. The van der Waals surface area contributed by atoms with E-state index in [4.69, 9.17) is 19.2 Å². The van der Waals surface area contributed by atoms with Gasteiger partial charge in [0.15, 0.2) is 4.80 Å². The molecule has 0 radical (unpaired) electrons. The van der Waals surface area contributed by atoms with Crippen molar-refractivity contribution in [2.45, 2.75) is 39.8 Å². The lowest BCUT2D eigenvalue weighted by atomic mass is 9.95. The van der Waals surface area contributed by atoms with Gasteiger partial charge >= 0.3 is 5.97 Å². The van der Waals surface area contributed by atoms with Gasteiger partial charge in [0.1, 0.15) is 11.5 Å². The van der Waals surface area contributed by atoms with Crippen molar-refractivity contribution in [3.8, 4) is 11.5 Å². The molecule has 7 nitrogen and oxygen atoms in total. The number of esters is 1. The minimum Gasteiger partial charge on any atom is -0.496 e. The smallest absolute Gasteiger partial charge is 0.338 e. The molecule has 0 spiro atoms. The average Bonchev–Trinajstić information content (AvgIpc) is 3.22. The zero-order valence-electron chi connectivity index (χ0n) is 22.6. The van der Waals surface area contributed by atoms with E-state index in [9.17, 15) is 9.59 Å². The van der Waals surface area contributed by atoms with E-state index in [1.54, 1.807) is 32.4 Å². The van der Waals surface area contributed by atoms with Gasteiger partial charge in [-0.2, -0.15) is 0 Å². The summed E-state index contributed by atoms with van der Waals surface area (Å²) in [5, 5.41) is 2.02. The van der Waals surface area contributed by atoms with Gasteiger partial charge in [0, 0.05) is 5.56 Å². The molecule has 0 N–H and O–H groups in total. The number of thiazole rings is 1. The summed E-state index contributed by atoms with van der Waals surface area (Å²) >= 11 is 1.29. The molecule has 1 aliphatic rings. The topological polar surface area (TPSA) is 79.1 Å². The van der Waals surface area contributed by atoms with Crippen molar-refractivity contribution in [3.63, 3.8) is 0 Å². The van der Waals surface area contributed by atoms with Gasteiger partial charge in [-0.3, -0.25) is 9.36 Å². The van der Waals surface area contributed by atoms with Crippen LogP contribution in [0, 0.1) is 0 Å². The van der Waals surface area contributed by atoms with Gasteiger partial charge in [-0.25, -0.2) is 9.79 Å². The summed E-state index contributed by atoms with van der Waals surface area (Å²) in [5.74, 6) is 0.888. The number of ether oxygens (including phenoxy) is 3. The first-order valence-corrected chi connectivity index (χ1v) is 13.7. The first-order chi connectivity index (χ1) is 18.8. The standard InChI is InChI=1S/C31H30N2O5S/c1-6-37-22-14-11-21(12-15-22)28-27(30(35)38-18(2)3)19(4)32-31-33(28)29(34)26(39-31)17-24-23-10-8-7-9-20(23)13-16-25(24)36-5/h7-18,28H,6H2,1-5H3/b26-17+/t28-/m1/s1. The minimum absolute atomic E-state index is 0.241. The van der Waals surface area contributed by atoms with Crippen LogP contribution in [-0.2, 0) is 9.53 Å². The zero-order chi connectivity index (χ0) is 27.7. The molecule has 0 fully saturated rings. The second-order valence-corrected chi connectivity index (χ2v) is 10.4. The predicted octanol–water partition coefficient (Wildman–Crippen LogP) is 4.75. The Morgan fingerprint density at radius 3 is 2.54 bits per heavy atom. The molecule has 0 bridgehead atoms. The Bertz CT molecular complexity index is 1760. The fraction of sp³-hybridized carbons (Fsp3) is 0.258. The van der Waals surface area contributed by atoms with Crippen LogP contribution in [0.4, 0.5) is 0 Å². The number of rotatable bonds is 7. The van der Waals surface area contributed by atoms with E-state index >= 15 is 0 Å². The van der Waals surface area contributed by atoms with Crippen molar-refractivity contribution >= 4 is 34.2 Å². The van der Waals surface area contributed by atoms with Gasteiger partial charge in [-0.15, -0.1) is 0 Å². The Labute approximate surface area is 230 Å². The van der Waals surface area contributed by atoms with Gasteiger partial charge in [-0.05, 0) is 68.3 Å². The number of benzene rings is 3. The molecule has 0 saturated carbocycles. The van der Waals surface area contributed by atoms with Gasteiger partial charge in [-0.1, -0.05) is 53.8 Å². The van der Waals surface area contributed by atoms with Crippen molar-refractivity contribution < 1.29 is 19.0 Å². The largest absolute Gasteiger partial charge is 0.496 e. The van der Waals surface area contributed by atoms with Crippen LogP contribution in [0.25, 0.3) is 16.8 Å². The maximum atomic E-state index is 14.0. The number of hydrogen-bond donors (Lipinski definition) is 0. The first kappa shape index (κ1) is 26.4. The summed E-state index contributed by atoms with van der Waals surface area (Å²) in [5.41, 5.74) is 2.20. The summed E-state index contributed by atoms with van der Waals surface area (Å²) in [4.78, 5) is 32.6. The number of aromatic nitrogens is 1. The highest BCUT2D eigenvalue weighted by Gasteiger charge is 2.33. The Morgan fingerprint density at radius 2 is 1.85 bits per heavy atom. The molecule has 2 heterocycles. The van der Waals surface area contributed by atoms with E-state index in [1.165, 1.54) is 11.3 Å². The molecule has 200 valence electrons. The van der Waals surface area contributed by atoms with Crippen LogP contribution < -0.4 is 24.4 Å². The molecule has 3 aromatic carbocycles. The van der Waals surface area contributed by atoms with Crippen molar-refractivity contribution in [1.82, 2.24) is 4.57 Å². The van der Waals surface area contributed by atoms with Gasteiger partial charge < -0.3 is 14.2 Å². The highest BCUT2D eigenvalue weighted by Crippen LogP contribution is 2.32. The molecule has 1 aromatic heterocycles. The summed E-state index contributed by atoms with van der Waals surface area (Å²) < 4.78 is 18.9. The van der Waals surface area contributed by atoms with E-state index in [1.807, 2.05) is 73.7 Å². The molecule has 0 aliphatic carbocycles. The first-order valence-electron chi connectivity index (χ1n) is 12.8. The lowest BCUT2D eigenvalue weighted by Gasteiger charge is -2.25. The molecule has 4 aromatic rings. The fourth-order valence-electron chi connectivity index (χ4n) is 4.82. The van der Waals surface area contributed by atoms with Crippen molar-refractivity contribution in [2.24, 2.45) is 4.99 Å². The van der Waals surface area contributed by atoms with Gasteiger partial charge in [0.25, 0.3) is 5.56 Å². The summed E-state index contributed by atoms with van der Waals surface area (Å²) in [6.45, 7) is 7.84. The third-order valence-corrected chi connectivity index (χ3v) is 7.50. The van der Waals surface area contributed by atoms with E-state index in [0.717, 1.165) is 21.9 Å². The number of allylic oxidation sites excluding steroid dienone is 1. The van der Waals surface area contributed by atoms with Crippen LogP contribution in [0.1, 0.15) is 44.9 Å². The number of methoxy groups -OCH3 is 1. The van der Waals surface area contributed by atoms with Crippen LogP contribution >= 0.6 is 11.3 Å². The molecule has 1 aliphatic heterocycles. The quantitative estimate of drug-likeness (QED) is 0.315.